The van der Waals surface area contributed by atoms with Crippen molar-refractivity contribution < 1.29 is 19.4 Å². The first kappa shape index (κ1) is 10.1. The van der Waals surface area contributed by atoms with Crippen molar-refractivity contribution in [2.24, 2.45) is 0 Å². The van der Waals surface area contributed by atoms with Crippen LogP contribution in [-0.2, 0) is 14.3 Å². The molecule has 0 rings (SSSR count). The fourth-order valence-electron chi connectivity index (χ4n) is 0.521. The summed E-state index contributed by atoms with van der Waals surface area (Å²) in [5.41, 5.74) is 0. The number of carbonyl (C=O) groups excluding carboxylic acids is 2. The molecule has 0 aromatic heterocycles. The molecule has 0 aliphatic heterocycles. The third-order valence-corrected chi connectivity index (χ3v) is 0.885. The Labute approximate surface area is 65.2 Å². The summed E-state index contributed by atoms with van der Waals surface area (Å²) in [5.74, 6) is -1.10. The average Bonchev–Trinajstić information content (AvgIpc) is 1.85. The predicted molar refractivity (Wildman–Crippen MR) is 37.9 cm³/mol. The van der Waals surface area contributed by atoms with Crippen LogP contribution in [-0.4, -0.2) is 29.6 Å². The van der Waals surface area contributed by atoms with Gasteiger partial charge in [0.2, 0.25) is 0 Å². The fraction of sp³-hybridized carbons (Fsp3) is 0.714. The van der Waals surface area contributed by atoms with Crippen molar-refractivity contribution >= 4 is 11.8 Å². The Kier molecular flexibility index (Phi) is 4.45. The van der Waals surface area contributed by atoms with E-state index in [0.29, 0.717) is 0 Å². The maximum atomic E-state index is 10.7. The second-order valence-electron chi connectivity index (χ2n) is 2.41. The number of hydrogen-bond acceptors (Lipinski definition) is 4. The van der Waals surface area contributed by atoms with Crippen LogP contribution in [0.5, 0.6) is 0 Å². The highest BCUT2D eigenvalue weighted by Crippen LogP contribution is 1.93. The van der Waals surface area contributed by atoms with E-state index in [0.717, 1.165) is 0 Å². The highest BCUT2D eigenvalue weighted by atomic mass is 16.5. The molecule has 0 aliphatic carbocycles. The zero-order chi connectivity index (χ0) is 8.85. The van der Waals surface area contributed by atoms with Crippen LogP contribution < -0.4 is 0 Å². The molecule has 0 atom stereocenters. The molecular formula is C7H12O4. The Morgan fingerprint density at radius 3 is 2.36 bits per heavy atom. The summed E-state index contributed by atoms with van der Waals surface area (Å²) in [6.07, 6.45) is -0.553. The van der Waals surface area contributed by atoms with Crippen LogP contribution in [0.25, 0.3) is 0 Å². The molecule has 0 saturated carbocycles. The number of esters is 1. The predicted octanol–water partition coefficient (Wildman–Crippen LogP) is -0.111. The van der Waals surface area contributed by atoms with E-state index in [1.54, 1.807) is 13.8 Å². The van der Waals surface area contributed by atoms with Gasteiger partial charge in [0, 0.05) is 0 Å². The number of Topliss-reactive ketones (excluding diaryl/α,β-unsaturated/α-hetero) is 1. The Bertz CT molecular complexity index is 151. The van der Waals surface area contributed by atoms with Crippen molar-refractivity contribution in [2.75, 3.05) is 6.61 Å². The minimum Gasteiger partial charge on any atom is -0.463 e. The van der Waals surface area contributed by atoms with E-state index in [-0.39, 0.29) is 12.5 Å². The van der Waals surface area contributed by atoms with E-state index in [2.05, 4.69) is 4.74 Å². The van der Waals surface area contributed by atoms with Crippen LogP contribution >= 0.6 is 0 Å². The normalized spacial score (nSPS) is 9.82. The molecule has 0 fully saturated rings. The lowest BCUT2D eigenvalue weighted by Gasteiger charge is -2.05. The summed E-state index contributed by atoms with van der Waals surface area (Å²) in [5, 5.41) is 8.26. The monoisotopic (exact) mass is 160 g/mol. The molecular weight excluding hydrogens is 148 g/mol. The van der Waals surface area contributed by atoms with Crippen LogP contribution in [0.1, 0.15) is 20.3 Å². The van der Waals surface area contributed by atoms with Crippen molar-refractivity contribution in [1.29, 1.82) is 0 Å². The smallest absolute Gasteiger partial charge is 0.313 e. The summed E-state index contributed by atoms with van der Waals surface area (Å²) in [6.45, 7) is 2.79. The minimum absolute atomic E-state index is 0.214. The largest absolute Gasteiger partial charge is 0.463 e. The molecule has 0 heterocycles. The number of rotatable bonds is 4. The first-order chi connectivity index (χ1) is 5.06. The van der Waals surface area contributed by atoms with E-state index < -0.39 is 18.4 Å². The van der Waals surface area contributed by atoms with Crippen LogP contribution in [0, 0.1) is 0 Å². The number of hydrogen-bond donors (Lipinski definition) is 1. The fourth-order valence-corrected chi connectivity index (χ4v) is 0.521. The molecule has 11 heavy (non-hydrogen) atoms. The molecule has 0 spiro atoms. The summed E-state index contributed by atoms with van der Waals surface area (Å²) in [4.78, 5) is 21.1. The molecule has 0 amide bonds. The van der Waals surface area contributed by atoms with E-state index in [1.165, 1.54) is 0 Å². The Morgan fingerprint density at radius 1 is 1.45 bits per heavy atom. The molecule has 4 nitrogen and oxygen atoms in total. The van der Waals surface area contributed by atoms with Gasteiger partial charge in [-0.1, -0.05) is 0 Å². The Hall–Kier alpha value is -0.900. The lowest BCUT2D eigenvalue weighted by molar-refractivity contribution is -0.149. The van der Waals surface area contributed by atoms with Crippen molar-refractivity contribution in [1.82, 2.24) is 0 Å². The van der Waals surface area contributed by atoms with Crippen molar-refractivity contribution in [2.45, 2.75) is 26.4 Å². The lowest BCUT2D eigenvalue weighted by atomic mass is 10.3. The highest BCUT2D eigenvalue weighted by molar-refractivity contribution is 5.96. The maximum absolute atomic E-state index is 10.7. The molecule has 0 saturated heterocycles. The van der Waals surface area contributed by atoms with E-state index in [1.807, 2.05) is 0 Å². The number of aliphatic hydroxyl groups excluding tert-OH is 1. The van der Waals surface area contributed by atoms with Gasteiger partial charge in [0.15, 0.2) is 5.78 Å². The molecule has 0 radical (unpaired) electrons. The SMILES string of the molecule is CC(C)OC(=O)CC(=O)CO. The second kappa shape index (κ2) is 4.85. The van der Waals surface area contributed by atoms with Crippen LogP contribution in [0.4, 0.5) is 0 Å². The minimum atomic E-state index is -0.604. The molecule has 1 N–H and O–H groups in total. The number of aliphatic hydroxyl groups is 1. The third kappa shape index (κ3) is 5.54. The van der Waals surface area contributed by atoms with Crippen molar-refractivity contribution in [3.63, 3.8) is 0 Å². The second-order valence-corrected chi connectivity index (χ2v) is 2.41. The number of ketones is 1. The van der Waals surface area contributed by atoms with Gasteiger partial charge in [-0.3, -0.25) is 9.59 Å². The van der Waals surface area contributed by atoms with Gasteiger partial charge in [-0.15, -0.1) is 0 Å². The quantitative estimate of drug-likeness (QED) is 0.460. The van der Waals surface area contributed by atoms with Crippen molar-refractivity contribution in [3.05, 3.63) is 0 Å². The Balaban J connectivity index is 3.61. The van der Waals surface area contributed by atoms with Crippen LogP contribution in [0.2, 0.25) is 0 Å². The number of carbonyl (C=O) groups is 2. The lowest BCUT2D eigenvalue weighted by Crippen LogP contribution is -2.17. The molecule has 64 valence electrons. The van der Waals surface area contributed by atoms with Gasteiger partial charge >= 0.3 is 5.97 Å². The average molecular weight is 160 g/mol. The zero-order valence-corrected chi connectivity index (χ0v) is 6.66. The van der Waals surface area contributed by atoms with Gasteiger partial charge in [0.05, 0.1) is 6.10 Å². The third-order valence-electron chi connectivity index (χ3n) is 0.885. The molecule has 0 aromatic carbocycles. The van der Waals surface area contributed by atoms with Gasteiger partial charge in [-0.05, 0) is 13.8 Å². The molecule has 0 bridgehead atoms. The summed E-state index contributed by atoms with van der Waals surface area (Å²) in [7, 11) is 0. The maximum Gasteiger partial charge on any atom is 0.313 e. The number of ether oxygens (including phenoxy) is 1. The highest BCUT2D eigenvalue weighted by Gasteiger charge is 2.10. The molecule has 0 unspecified atom stereocenters. The first-order valence-electron chi connectivity index (χ1n) is 3.38. The molecule has 0 aliphatic rings. The molecule has 0 aromatic rings. The van der Waals surface area contributed by atoms with Gasteiger partial charge in [-0.2, -0.15) is 0 Å². The first-order valence-corrected chi connectivity index (χ1v) is 3.38. The summed E-state index contributed by atoms with van der Waals surface area (Å²) < 4.78 is 4.65. The van der Waals surface area contributed by atoms with E-state index in [4.69, 9.17) is 5.11 Å². The van der Waals surface area contributed by atoms with Crippen LogP contribution in [0.3, 0.4) is 0 Å². The van der Waals surface area contributed by atoms with E-state index >= 15 is 0 Å². The topological polar surface area (TPSA) is 63.6 Å². The summed E-state index contributed by atoms with van der Waals surface area (Å²) >= 11 is 0. The zero-order valence-electron chi connectivity index (χ0n) is 6.66. The van der Waals surface area contributed by atoms with Gasteiger partial charge in [-0.25, -0.2) is 0 Å². The summed E-state index contributed by atoms with van der Waals surface area (Å²) in [6, 6.07) is 0. The standard InChI is InChI=1S/C7H12O4/c1-5(2)11-7(10)3-6(9)4-8/h5,8H,3-4H2,1-2H3. The van der Waals surface area contributed by atoms with Crippen LogP contribution in [0.15, 0.2) is 0 Å². The molecule has 4 heteroatoms. The van der Waals surface area contributed by atoms with Gasteiger partial charge in [0.1, 0.15) is 13.0 Å². The van der Waals surface area contributed by atoms with E-state index in [9.17, 15) is 9.59 Å². The van der Waals surface area contributed by atoms with Gasteiger partial charge in [0.25, 0.3) is 0 Å². The van der Waals surface area contributed by atoms with Crippen molar-refractivity contribution in [3.8, 4) is 0 Å². The Morgan fingerprint density at radius 2 is 2.00 bits per heavy atom. The van der Waals surface area contributed by atoms with Gasteiger partial charge < -0.3 is 9.84 Å².